The number of nitrogens with zero attached hydrogens (tertiary/aromatic N) is 8. The highest BCUT2D eigenvalue weighted by atomic mass is 35.5. The Morgan fingerprint density at radius 3 is 1.65 bits per heavy atom. The molecule has 0 spiro atoms. The summed E-state index contributed by atoms with van der Waals surface area (Å²) >= 11 is 6.19. The molecule has 5 aliphatic heterocycles. The van der Waals surface area contributed by atoms with Crippen molar-refractivity contribution >= 4 is 123 Å². The second kappa shape index (κ2) is 31.2. The van der Waals surface area contributed by atoms with Gasteiger partial charge in [-0.2, -0.15) is 5.10 Å². The van der Waals surface area contributed by atoms with Crippen LogP contribution in [0.3, 0.4) is 0 Å². The first-order valence-electron chi connectivity index (χ1n) is 35.0. The summed E-state index contributed by atoms with van der Waals surface area (Å²) in [5.41, 5.74) is 7.57. The fourth-order valence-electron chi connectivity index (χ4n) is 14.0. The summed E-state index contributed by atoms with van der Waals surface area (Å²) in [4.78, 5) is 20.5. The first-order valence-corrected chi connectivity index (χ1v) is 41.3. The highest BCUT2D eigenvalue weighted by molar-refractivity contribution is 7.93. The molecule has 5 aliphatic rings. The van der Waals surface area contributed by atoms with Crippen molar-refractivity contribution in [1.82, 2.24) is 41.0 Å². The van der Waals surface area contributed by atoms with Crippen LogP contribution in [0, 0.1) is 6.92 Å². The number of aromatic nitrogens is 4. The van der Waals surface area contributed by atoms with Gasteiger partial charge in [0.2, 0.25) is 29.5 Å². The SMILES string of the molecule is CN1CCN(c2ccc3n[nH]c(S(=O)(=O)c4cccc5ccccc45)c3c2)CC1.Cc1cc(N2CCNCC2)c2c(c1)N(S(=O)(=O)c1ccccc1Cl)CCO2.O=S(=O)(c1ccccc1)c1c[nH]c2c(N3CCNCC3)ccnc12.O=S(=O)(c1ccccc1)c1ccc(N2CCNCC2)c2ccccc12. The second-order valence-corrected chi connectivity index (χ2v) is 34.1. The minimum Gasteiger partial charge on any atom is -0.487 e. The van der Waals surface area contributed by atoms with Crippen LogP contribution in [0.5, 0.6) is 5.75 Å². The second-order valence-electron chi connectivity index (χ2n) is 26.2. The van der Waals surface area contributed by atoms with E-state index >= 15 is 0 Å². The molecule has 105 heavy (non-hydrogen) atoms. The van der Waals surface area contributed by atoms with E-state index in [1.807, 2.05) is 104 Å². The Bertz CT molecular complexity index is 5590. The average Bonchev–Trinajstić information content (AvgIpc) is 1.75. The Kier molecular flexibility index (Phi) is 21.5. The molecule has 9 aromatic carbocycles. The van der Waals surface area contributed by atoms with Gasteiger partial charge in [-0.05, 0) is 116 Å². The predicted octanol–water partition coefficient (Wildman–Crippen LogP) is 10.8. The summed E-state index contributed by atoms with van der Waals surface area (Å²) in [5, 5.41) is 21.4. The number of rotatable bonds is 12. The van der Waals surface area contributed by atoms with Crippen LogP contribution in [0.4, 0.5) is 28.4 Å². The molecular formula is C78H82ClN13O9S4. The van der Waals surface area contributed by atoms with Crippen LogP contribution in [-0.2, 0) is 39.5 Å². The number of likely N-dealkylation sites (N-methyl/N-ethyl adjacent to an activating group) is 1. The number of hydrogen-bond donors (Lipinski definition) is 5. The lowest BCUT2D eigenvalue weighted by molar-refractivity contribution is 0.313. The van der Waals surface area contributed by atoms with Gasteiger partial charge in [0, 0.05) is 150 Å². The zero-order chi connectivity index (χ0) is 72.9. The van der Waals surface area contributed by atoms with Gasteiger partial charge in [-0.1, -0.05) is 121 Å². The van der Waals surface area contributed by atoms with E-state index in [1.165, 1.54) is 4.31 Å². The molecule has 0 bridgehead atoms. The quantitative estimate of drug-likeness (QED) is 0.0761. The van der Waals surface area contributed by atoms with Gasteiger partial charge in [-0.3, -0.25) is 14.4 Å². The smallest absolute Gasteiger partial charge is 0.266 e. The van der Waals surface area contributed by atoms with Gasteiger partial charge in [0.1, 0.15) is 21.9 Å². The van der Waals surface area contributed by atoms with Crippen LogP contribution < -0.4 is 44.6 Å². The number of hydrogen-bond acceptors (Lipinski definition) is 19. The normalized spacial score (nSPS) is 16.2. The topological polar surface area (TPSA) is 259 Å². The Balaban J connectivity index is 0.000000118. The molecule has 0 saturated carbocycles. The number of aryl methyl sites for hydroxylation is 1. The lowest BCUT2D eigenvalue weighted by Gasteiger charge is -2.36. The minimum absolute atomic E-state index is 0.116. The number of anilines is 5. The van der Waals surface area contributed by atoms with E-state index in [0.29, 0.717) is 54.5 Å². The Morgan fingerprint density at radius 1 is 0.448 bits per heavy atom. The maximum Gasteiger partial charge on any atom is 0.266 e. The number of piperazine rings is 4. The molecule has 544 valence electrons. The number of H-pyrrole nitrogens is 2. The number of aromatic amines is 2. The largest absolute Gasteiger partial charge is 0.487 e. The van der Waals surface area contributed by atoms with Crippen LogP contribution >= 0.6 is 11.6 Å². The van der Waals surface area contributed by atoms with E-state index in [-0.39, 0.29) is 31.3 Å². The molecule has 12 aromatic rings. The Morgan fingerprint density at radius 2 is 0.990 bits per heavy atom. The van der Waals surface area contributed by atoms with Gasteiger partial charge in [0.15, 0.2) is 10.8 Å². The number of sulfonamides is 1. The molecule has 0 radical (unpaired) electrons. The number of pyridine rings is 1. The summed E-state index contributed by atoms with van der Waals surface area (Å²) < 4.78 is 113. The molecule has 8 heterocycles. The van der Waals surface area contributed by atoms with Gasteiger partial charge in [-0.25, -0.2) is 33.7 Å². The zero-order valence-corrected chi connectivity index (χ0v) is 62.2. The average molecular weight is 1510 g/mol. The minimum atomic E-state index is -3.78. The van der Waals surface area contributed by atoms with Gasteiger partial charge >= 0.3 is 0 Å². The summed E-state index contributed by atoms with van der Waals surface area (Å²) in [6.07, 6.45) is 3.23. The van der Waals surface area contributed by atoms with Crippen LogP contribution in [0.1, 0.15) is 5.56 Å². The number of fused-ring (bicyclic) bond motifs is 5. The molecule has 4 saturated heterocycles. The molecule has 0 aliphatic carbocycles. The predicted molar refractivity (Wildman–Crippen MR) is 417 cm³/mol. The molecule has 5 N–H and O–H groups in total. The zero-order valence-electron chi connectivity index (χ0n) is 58.2. The number of ether oxygens (including phenoxy) is 1. The van der Waals surface area contributed by atoms with Gasteiger partial charge in [-0.15, -0.1) is 0 Å². The Hall–Kier alpha value is -9.61. The third-order valence-electron chi connectivity index (χ3n) is 19.5. The van der Waals surface area contributed by atoms with Crippen molar-refractivity contribution < 1.29 is 38.4 Å². The number of sulfone groups is 3. The maximum absolute atomic E-state index is 13.6. The van der Waals surface area contributed by atoms with Crippen LogP contribution in [0.15, 0.2) is 247 Å². The van der Waals surface area contributed by atoms with Gasteiger partial charge < -0.3 is 50.2 Å². The van der Waals surface area contributed by atoms with Crippen molar-refractivity contribution in [3.63, 3.8) is 0 Å². The number of benzene rings is 9. The molecule has 4 fully saturated rings. The lowest BCUT2D eigenvalue weighted by Crippen LogP contribution is -2.44. The monoisotopic (exact) mass is 1510 g/mol. The number of halogens is 1. The van der Waals surface area contributed by atoms with Crippen molar-refractivity contribution in [3.8, 4) is 5.75 Å². The fourth-order valence-corrected chi connectivity index (χ4v) is 20.4. The van der Waals surface area contributed by atoms with Crippen molar-refractivity contribution in [2.45, 2.75) is 41.3 Å². The van der Waals surface area contributed by atoms with E-state index < -0.39 is 39.5 Å². The van der Waals surface area contributed by atoms with Crippen molar-refractivity contribution in [1.29, 1.82) is 0 Å². The Labute approximate surface area is 617 Å². The first-order chi connectivity index (χ1) is 50.9. The summed E-state index contributed by atoms with van der Waals surface area (Å²) in [7, 11) is -12.6. The summed E-state index contributed by atoms with van der Waals surface area (Å²) in [6, 6.07) is 59.7. The highest BCUT2D eigenvalue weighted by Gasteiger charge is 2.35. The molecule has 27 heteroatoms. The first kappa shape index (κ1) is 72.3. The van der Waals surface area contributed by atoms with E-state index in [0.717, 1.165) is 155 Å². The summed E-state index contributed by atoms with van der Waals surface area (Å²) in [6.45, 7) is 17.2. The highest BCUT2D eigenvalue weighted by Crippen LogP contribution is 2.45. The van der Waals surface area contributed by atoms with Crippen molar-refractivity contribution in [2.75, 3.05) is 149 Å². The van der Waals surface area contributed by atoms with Crippen LogP contribution in [0.2, 0.25) is 5.02 Å². The van der Waals surface area contributed by atoms with E-state index in [9.17, 15) is 33.7 Å². The molecule has 3 aromatic heterocycles. The molecule has 0 unspecified atom stereocenters. The van der Waals surface area contributed by atoms with E-state index in [2.05, 4.69) is 73.7 Å². The van der Waals surface area contributed by atoms with E-state index in [4.69, 9.17) is 16.3 Å². The van der Waals surface area contributed by atoms with Crippen LogP contribution in [-0.4, -0.2) is 184 Å². The number of nitrogens with one attached hydrogen (secondary N) is 5. The molecular weight excluding hydrogens is 1430 g/mol. The standard InChI is InChI=1S/C22H22N4O2S.C20H20N2O2S.C19H22ClN3O3S.C17H18N4O2S/c1-25-11-13-26(14-12-25)17-9-10-20-19(15-17)22(24-23-20)29(27,28)21-8-4-6-16-5-2-3-7-18(16)21;23-25(24,16-6-2-1-3-7-16)20-11-10-19(22-14-12-21-13-15-22)17-8-4-5-9-18(17)20;1-14-12-16(22-8-6-21-7-9-22)19-17(13-14)23(10-11-26-19)27(24,25)18-5-3-2-4-15(18)20;22-24(23,13-4-2-1-3-5-13)15-12-20-16-14(6-7-19-17(15)16)21-10-8-18-9-11-21/h2-10,15H,11-14H2,1H3,(H,23,24);1-11,21H,12-15H2;2-5,12-13,21H,6-11H2,1H3;1-7,12,18,20H,8-11H2. The van der Waals surface area contributed by atoms with Crippen molar-refractivity contribution in [2.24, 2.45) is 0 Å². The molecule has 0 atom stereocenters. The van der Waals surface area contributed by atoms with Gasteiger partial charge in [0.25, 0.3) is 10.0 Å². The summed E-state index contributed by atoms with van der Waals surface area (Å²) in [5.74, 6) is 0.629. The maximum atomic E-state index is 13.6. The molecule has 22 nitrogen and oxygen atoms in total. The van der Waals surface area contributed by atoms with Gasteiger partial charge in [0.05, 0.1) is 59.2 Å². The van der Waals surface area contributed by atoms with E-state index in [1.54, 1.807) is 109 Å². The third kappa shape index (κ3) is 15.0. The van der Waals surface area contributed by atoms with Crippen molar-refractivity contribution in [3.05, 3.63) is 223 Å². The molecule has 0 amide bonds. The van der Waals surface area contributed by atoms with Crippen LogP contribution in [0.25, 0.3) is 43.5 Å². The molecule has 17 rings (SSSR count). The third-order valence-corrected chi connectivity index (χ3v) is 27.2. The lowest BCUT2D eigenvalue weighted by atomic mass is 10.1. The fraction of sp³-hybridized carbons (Fsp3) is 0.256.